The van der Waals surface area contributed by atoms with Gasteiger partial charge >= 0.3 is 0 Å². The number of carbonyl (C=O) groups excluding carboxylic acids is 1. The number of carbonyl (C=O) groups is 1. The van der Waals surface area contributed by atoms with Crippen molar-refractivity contribution in [3.8, 4) is 22.5 Å². The van der Waals surface area contributed by atoms with Crippen LogP contribution >= 0.6 is 23.5 Å². The Bertz CT molecular complexity index is 3410. The summed E-state index contributed by atoms with van der Waals surface area (Å²) in [5, 5.41) is 9.64. The molecule has 0 amide bonds. The molecule has 0 saturated heterocycles. The van der Waals surface area contributed by atoms with Gasteiger partial charge in [-0.25, -0.2) is 54.7 Å². The highest BCUT2D eigenvalue weighted by atomic mass is 32.2. The molecule has 0 unspecified atom stereocenters. The van der Waals surface area contributed by atoms with E-state index in [4.69, 9.17) is 0 Å². The van der Waals surface area contributed by atoms with E-state index in [2.05, 4.69) is 40.1 Å². The van der Waals surface area contributed by atoms with Crippen molar-refractivity contribution in [2.24, 2.45) is 0 Å². The maximum Gasteiger partial charge on any atom is 0.269 e. The number of H-pyrrole nitrogens is 1. The van der Waals surface area contributed by atoms with Crippen molar-refractivity contribution in [3.05, 3.63) is 158 Å². The van der Waals surface area contributed by atoms with Crippen LogP contribution in [0.15, 0.2) is 167 Å². The predicted octanol–water partition coefficient (Wildman–Crippen LogP) is 7.41. The molecule has 16 nitrogen and oxygen atoms in total. The fourth-order valence-corrected chi connectivity index (χ4v) is 9.97. The number of thioether (sulfide) groups is 2. The molecule has 0 atom stereocenters. The zero-order valence-electron chi connectivity index (χ0n) is 34.5. The minimum atomic E-state index is -3.81. The van der Waals surface area contributed by atoms with Gasteiger partial charge in [-0.3, -0.25) is 9.89 Å². The van der Waals surface area contributed by atoms with Gasteiger partial charge in [0.05, 0.1) is 38.6 Å². The minimum absolute atomic E-state index is 0.161. The molecule has 322 valence electrons. The van der Waals surface area contributed by atoms with Crippen LogP contribution in [-0.4, -0.2) is 102 Å². The Morgan fingerprint density at radius 3 is 1.83 bits per heavy atom. The minimum Gasteiger partial charge on any atom is -0.383 e. The number of hydrogen-bond donors (Lipinski definition) is 1. The first-order chi connectivity index (χ1) is 30.9. The van der Waals surface area contributed by atoms with Crippen molar-refractivity contribution in [2.45, 2.75) is 20.1 Å². The number of nitrogens with one attached hydrogen (secondary N) is 1. The maximum atomic E-state index is 13.4. The third kappa shape index (κ3) is 8.80. The normalized spacial score (nSPS) is 12.0. The number of aromatic nitrogens is 10. The number of rotatable bonds is 12. The van der Waals surface area contributed by atoms with Crippen LogP contribution in [0.5, 0.6) is 0 Å². The Balaban J connectivity index is 0.000000175. The average Bonchev–Trinajstić information content (AvgIpc) is 4.11. The molecule has 0 bridgehead atoms. The van der Waals surface area contributed by atoms with Gasteiger partial charge in [0.1, 0.15) is 0 Å². The summed E-state index contributed by atoms with van der Waals surface area (Å²) in [6, 6.07) is 26.8. The lowest BCUT2D eigenvalue weighted by Gasteiger charge is -2.12. The van der Waals surface area contributed by atoms with Crippen LogP contribution in [0.3, 0.4) is 0 Å². The highest BCUT2D eigenvalue weighted by Crippen LogP contribution is 2.32. The molecule has 9 rings (SSSR count). The van der Waals surface area contributed by atoms with Gasteiger partial charge in [-0.15, -0.1) is 0 Å². The van der Waals surface area contributed by atoms with Crippen LogP contribution in [0.25, 0.3) is 50.2 Å². The lowest BCUT2D eigenvalue weighted by molar-refractivity contribution is 0.105. The molecule has 7 aromatic heterocycles. The van der Waals surface area contributed by atoms with Gasteiger partial charge in [-0.2, -0.15) is 5.10 Å². The maximum absolute atomic E-state index is 13.4. The monoisotopic (exact) mass is 927 g/mol. The number of nitrogens with zero attached hydrogens (tertiary/aromatic N) is 10. The number of ketones is 1. The molecule has 2 aromatic carbocycles. The van der Waals surface area contributed by atoms with E-state index in [9.17, 15) is 21.6 Å². The van der Waals surface area contributed by atoms with E-state index in [0.717, 1.165) is 26.5 Å². The van der Waals surface area contributed by atoms with E-state index in [1.54, 1.807) is 109 Å². The third-order valence-corrected chi connectivity index (χ3v) is 14.1. The molecule has 0 fully saturated rings. The standard InChI is InChI=1S/C23H21N5O3S2.C21H16N6O2S2/c1-27(2)15-19(20-9-11-24-23(26-20)32-3)21(29)17-13-16-10-12-28(22(16)25-14-17)33(30,31)18-7-5-4-6-8-18;1-30-21-22-9-7-18(25-21)17-13-24-26-19(17)15-11-14-8-10-27(20(14)23-12-15)31(28,29)16-5-3-2-4-6-16/h4-15H,1-3H3;2-13H,1H3,(H,24,26)/b19-15-;. The molecule has 0 aliphatic rings. The van der Waals surface area contributed by atoms with Crippen molar-refractivity contribution in [2.75, 3.05) is 26.6 Å². The van der Waals surface area contributed by atoms with Gasteiger partial charge < -0.3 is 4.90 Å². The first-order valence-electron chi connectivity index (χ1n) is 19.2. The van der Waals surface area contributed by atoms with E-state index in [1.165, 1.54) is 58.2 Å². The second kappa shape index (κ2) is 18.4. The lowest BCUT2D eigenvalue weighted by Crippen LogP contribution is -2.13. The van der Waals surface area contributed by atoms with Crippen LogP contribution in [0.1, 0.15) is 16.1 Å². The predicted molar refractivity (Wildman–Crippen MR) is 248 cm³/mol. The number of pyridine rings is 2. The van der Waals surface area contributed by atoms with Gasteiger partial charge in [0.25, 0.3) is 20.0 Å². The second-order valence-electron chi connectivity index (χ2n) is 14.0. The number of allylic oxidation sites excluding steroid dienone is 1. The average molecular weight is 928 g/mol. The lowest BCUT2D eigenvalue weighted by atomic mass is 10.0. The first kappa shape index (κ1) is 43.6. The van der Waals surface area contributed by atoms with Crippen LogP contribution in [0, 0.1) is 0 Å². The molecule has 0 aliphatic heterocycles. The third-order valence-electron chi connectivity index (χ3n) is 9.59. The number of fused-ring (bicyclic) bond motifs is 2. The Morgan fingerprint density at radius 1 is 0.672 bits per heavy atom. The summed E-state index contributed by atoms with van der Waals surface area (Å²) in [6.07, 6.45) is 16.5. The smallest absolute Gasteiger partial charge is 0.269 e. The molecule has 0 saturated carbocycles. The SMILES string of the molecule is CSc1nccc(-c2cn[nH]c2-c2cnc3c(ccn3S(=O)(=O)c3ccccc3)c2)n1.CSc1nccc(/C(=C/N(C)C)C(=O)c2cnc3c(ccn3S(=O)(=O)c3ccccc3)c2)n1. The van der Waals surface area contributed by atoms with Crippen molar-refractivity contribution < 1.29 is 21.6 Å². The molecule has 20 heteroatoms. The van der Waals surface area contributed by atoms with Crippen LogP contribution in [0.2, 0.25) is 0 Å². The van der Waals surface area contributed by atoms with Gasteiger partial charge in [0.15, 0.2) is 27.4 Å². The second-order valence-corrected chi connectivity index (χ2v) is 19.2. The van der Waals surface area contributed by atoms with E-state index in [-0.39, 0.29) is 21.2 Å². The zero-order valence-corrected chi connectivity index (χ0v) is 37.8. The molecule has 0 aliphatic carbocycles. The Hall–Kier alpha value is -7.00. The number of benzene rings is 2. The summed E-state index contributed by atoms with van der Waals surface area (Å²) < 4.78 is 54.4. The van der Waals surface area contributed by atoms with Gasteiger partial charge in [0.2, 0.25) is 0 Å². The van der Waals surface area contributed by atoms with Gasteiger partial charge in [-0.05, 0) is 73.2 Å². The molecule has 1 N–H and O–H groups in total. The Labute approximate surface area is 376 Å². The van der Waals surface area contributed by atoms with Crippen LogP contribution in [-0.2, 0) is 20.0 Å². The molecule has 0 radical (unpaired) electrons. The van der Waals surface area contributed by atoms with Gasteiger partial charge in [0, 0.05) is 84.9 Å². The Kier molecular flexibility index (Phi) is 12.5. The molecule has 64 heavy (non-hydrogen) atoms. The van der Waals surface area contributed by atoms with Gasteiger partial charge in [-0.1, -0.05) is 59.9 Å². The quantitative estimate of drug-likeness (QED) is 0.0548. The Morgan fingerprint density at radius 2 is 1.23 bits per heavy atom. The van der Waals surface area contributed by atoms with Crippen LogP contribution < -0.4 is 0 Å². The highest BCUT2D eigenvalue weighted by Gasteiger charge is 2.23. The summed E-state index contributed by atoms with van der Waals surface area (Å²) in [4.78, 5) is 41.7. The number of Topliss-reactive ketones (excluding diaryl/α,β-unsaturated/α-hetero) is 1. The summed E-state index contributed by atoms with van der Waals surface area (Å²) in [5.74, 6) is -0.275. The van der Waals surface area contributed by atoms with Crippen LogP contribution in [0.4, 0.5) is 0 Å². The number of hydrogen-bond acceptors (Lipinski definition) is 15. The van der Waals surface area contributed by atoms with E-state index < -0.39 is 20.0 Å². The van der Waals surface area contributed by atoms with Crippen molar-refractivity contribution in [1.29, 1.82) is 0 Å². The fraction of sp³-hybridized carbons (Fsp3) is 0.0909. The molecule has 0 spiro atoms. The summed E-state index contributed by atoms with van der Waals surface area (Å²) in [5.41, 5.74) is 4.91. The highest BCUT2D eigenvalue weighted by molar-refractivity contribution is 7.98. The molecular formula is C44H37N11O5S4. The molecule has 9 aromatic rings. The van der Waals surface area contributed by atoms with E-state index >= 15 is 0 Å². The first-order valence-corrected chi connectivity index (χ1v) is 24.5. The largest absolute Gasteiger partial charge is 0.383 e. The summed E-state index contributed by atoms with van der Waals surface area (Å²) >= 11 is 2.85. The van der Waals surface area contributed by atoms with E-state index in [0.29, 0.717) is 43.6 Å². The van der Waals surface area contributed by atoms with Crippen molar-refractivity contribution in [3.63, 3.8) is 0 Å². The topological polar surface area (TPSA) is 204 Å². The summed E-state index contributed by atoms with van der Waals surface area (Å²) in [6.45, 7) is 0. The fourth-order valence-electron chi connectivity index (χ4n) is 6.59. The number of aromatic amines is 1. The molecular weight excluding hydrogens is 891 g/mol. The molecule has 7 heterocycles. The van der Waals surface area contributed by atoms with Crippen molar-refractivity contribution >= 4 is 77.0 Å². The van der Waals surface area contributed by atoms with Crippen molar-refractivity contribution in [1.82, 2.24) is 52.9 Å². The zero-order chi connectivity index (χ0) is 45.0. The van der Waals surface area contributed by atoms with E-state index in [1.807, 2.05) is 38.7 Å². The summed E-state index contributed by atoms with van der Waals surface area (Å²) in [7, 11) is -3.90.